The minimum atomic E-state index is -4.48. The first-order valence-corrected chi connectivity index (χ1v) is 9.46. The third-order valence-corrected chi connectivity index (χ3v) is 4.91. The molecule has 32 heavy (non-hydrogen) atoms. The van der Waals surface area contributed by atoms with E-state index in [-0.39, 0.29) is 29.3 Å². The Morgan fingerprint density at radius 3 is 2.59 bits per heavy atom. The first-order valence-electron chi connectivity index (χ1n) is 9.46. The number of nitrogens with one attached hydrogen (secondary N) is 1. The number of phenols is 1. The molecule has 4 rings (SSSR count). The van der Waals surface area contributed by atoms with Gasteiger partial charge in [-0.15, -0.1) is 0 Å². The Balaban J connectivity index is 1.67. The smallest absolute Gasteiger partial charge is 0.416 e. The number of aryl methyl sites for hydroxylation is 1. The van der Waals surface area contributed by atoms with Crippen molar-refractivity contribution in [3.63, 3.8) is 0 Å². The molecule has 4 aromatic rings. The average molecular weight is 442 g/mol. The van der Waals surface area contributed by atoms with Crippen LogP contribution in [0.25, 0.3) is 5.65 Å². The van der Waals surface area contributed by atoms with Crippen molar-refractivity contribution in [1.82, 2.24) is 14.6 Å². The molecule has 0 unspecified atom stereocenters. The first kappa shape index (κ1) is 21.2. The molecule has 0 saturated carbocycles. The van der Waals surface area contributed by atoms with Crippen molar-refractivity contribution in [1.29, 1.82) is 0 Å². The Kier molecular flexibility index (Phi) is 5.21. The summed E-state index contributed by atoms with van der Waals surface area (Å²) in [5.41, 5.74) is 0.720. The molecule has 2 aromatic heterocycles. The van der Waals surface area contributed by atoms with Crippen LogP contribution in [0.1, 0.15) is 32.7 Å². The maximum atomic E-state index is 13.0. The van der Waals surface area contributed by atoms with Gasteiger partial charge < -0.3 is 15.5 Å². The van der Waals surface area contributed by atoms with Crippen LogP contribution < -0.4 is 5.32 Å². The van der Waals surface area contributed by atoms with Gasteiger partial charge in [0.1, 0.15) is 11.3 Å². The Morgan fingerprint density at radius 2 is 1.88 bits per heavy atom. The number of alkyl halides is 3. The highest BCUT2D eigenvalue weighted by Crippen LogP contribution is 2.31. The highest BCUT2D eigenvalue weighted by molar-refractivity contribution is 6.08. The predicted molar refractivity (Wildman–Crippen MR) is 110 cm³/mol. The van der Waals surface area contributed by atoms with Crippen molar-refractivity contribution in [2.24, 2.45) is 0 Å². The van der Waals surface area contributed by atoms with Gasteiger partial charge >= 0.3 is 6.18 Å². The summed E-state index contributed by atoms with van der Waals surface area (Å²) < 4.78 is 40.1. The van der Waals surface area contributed by atoms with Gasteiger partial charge in [-0.05, 0) is 30.7 Å². The van der Waals surface area contributed by atoms with Crippen LogP contribution in [0, 0.1) is 6.92 Å². The van der Waals surface area contributed by atoms with Gasteiger partial charge in [-0.25, -0.2) is 4.98 Å². The minimum Gasteiger partial charge on any atom is -0.508 e. The molecule has 0 saturated heterocycles. The second-order valence-electron chi connectivity index (χ2n) is 7.17. The molecule has 0 bridgehead atoms. The van der Waals surface area contributed by atoms with E-state index in [1.807, 2.05) is 0 Å². The van der Waals surface area contributed by atoms with Gasteiger partial charge in [-0.2, -0.15) is 22.8 Å². The number of halogens is 3. The molecule has 0 atom stereocenters. The van der Waals surface area contributed by atoms with E-state index in [0.717, 1.165) is 16.6 Å². The zero-order valence-corrected chi connectivity index (χ0v) is 16.7. The van der Waals surface area contributed by atoms with E-state index in [9.17, 15) is 28.2 Å². The fourth-order valence-electron chi connectivity index (χ4n) is 3.33. The fourth-order valence-corrected chi connectivity index (χ4v) is 3.33. The maximum Gasteiger partial charge on any atom is 0.416 e. The monoisotopic (exact) mass is 442 g/mol. The van der Waals surface area contributed by atoms with Crippen LogP contribution in [0.4, 0.5) is 18.9 Å². The topological polar surface area (TPSA) is 99.8 Å². The number of aromatic nitrogens is 3. The number of hydrogen-bond donors (Lipinski definition) is 3. The van der Waals surface area contributed by atoms with Gasteiger partial charge in [0.15, 0.2) is 5.65 Å². The number of nitrogens with zero attached hydrogens (tertiary/aromatic N) is 3. The van der Waals surface area contributed by atoms with Gasteiger partial charge in [0.2, 0.25) is 5.88 Å². The molecular formula is C22H17F3N4O3. The number of aromatic hydroxyl groups is 2. The zero-order chi connectivity index (χ0) is 23.0. The lowest BCUT2D eigenvalue weighted by Crippen LogP contribution is -2.12. The van der Waals surface area contributed by atoms with Crippen molar-refractivity contribution in [3.8, 4) is 11.6 Å². The fraction of sp³-hybridized carbons (Fsp3) is 0.136. The summed E-state index contributed by atoms with van der Waals surface area (Å²) in [4.78, 5) is 17.0. The number of fused-ring (bicyclic) bond motifs is 1. The lowest BCUT2D eigenvalue weighted by atomic mass is 10.0. The van der Waals surface area contributed by atoms with Gasteiger partial charge in [0, 0.05) is 29.4 Å². The van der Waals surface area contributed by atoms with Crippen molar-refractivity contribution in [2.45, 2.75) is 19.5 Å². The second kappa shape index (κ2) is 7.88. The molecule has 0 fully saturated rings. The SMILES string of the molecule is Cc1nc2c(C(=O)Nc3cccc(O)c3)cnn2c(O)c1Cc1cccc(C(F)(F)F)c1. The van der Waals surface area contributed by atoms with Gasteiger partial charge in [-0.1, -0.05) is 24.3 Å². The normalized spacial score (nSPS) is 11.6. The zero-order valence-electron chi connectivity index (χ0n) is 16.7. The molecule has 0 aliphatic heterocycles. The number of anilines is 1. The van der Waals surface area contributed by atoms with Crippen LogP contribution in [-0.4, -0.2) is 30.7 Å². The highest BCUT2D eigenvalue weighted by Gasteiger charge is 2.30. The van der Waals surface area contributed by atoms with Gasteiger partial charge in [-0.3, -0.25) is 4.79 Å². The van der Waals surface area contributed by atoms with E-state index in [1.165, 1.54) is 30.5 Å². The number of carbonyl (C=O) groups is 1. The standard InChI is InChI=1S/C22H17F3N4O3/c1-12-17(9-13-4-2-5-14(8-13)22(23,24)25)21(32)29-19(27-12)18(11-26-29)20(31)28-15-6-3-7-16(30)10-15/h2-8,10-11,30,32H,9H2,1H3,(H,28,31). The summed E-state index contributed by atoms with van der Waals surface area (Å²) in [6, 6.07) is 10.8. The third-order valence-electron chi connectivity index (χ3n) is 4.91. The van der Waals surface area contributed by atoms with Gasteiger partial charge in [0.25, 0.3) is 5.91 Å². The number of hydrogen-bond acceptors (Lipinski definition) is 5. The van der Waals surface area contributed by atoms with E-state index in [2.05, 4.69) is 15.4 Å². The summed E-state index contributed by atoms with van der Waals surface area (Å²) >= 11 is 0. The summed E-state index contributed by atoms with van der Waals surface area (Å²) in [6.45, 7) is 1.59. The van der Waals surface area contributed by atoms with Crippen LogP contribution in [-0.2, 0) is 12.6 Å². The van der Waals surface area contributed by atoms with E-state index in [0.29, 0.717) is 22.5 Å². The maximum absolute atomic E-state index is 13.0. The molecule has 164 valence electrons. The average Bonchev–Trinajstić information content (AvgIpc) is 3.15. The molecule has 0 radical (unpaired) electrons. The number of carbonyl (C=O) groups excluding carboxylic acids is 1. The van der Waals surface area contributed by atoms with Crippen LogP contribution in [0.3, 0.4) is 0 Å². The van der Waals surface area contributed by atoms with Crippen molar-refractivity contribution < 1.29 is 28.2 Å². The van der Waals surface area contributed by atoms with Gasteiger partial charge in [0.05, 0.1) is 11.8 Å². The Hall–Kier alpha value is -4.08. The van der Waals surface area contributed by atoms with Crippen LogP contribution >= 0.6 is 0 Å². The molecule has 10 heteroatoms. The molecule has 0 aliphatic rings. The molecule has 1 amide bonds. The Morgan fingerprint density at radius 1 is 1.12 bits per heavy atom. The van der Waals surface area contributed by atoms with Crippen molar-refractivity contribution in [3.05, 3.63) is 82.7 Å². The second-order valence-corrected chi connectivity index (χ2v) is 7.17. The highest BCUT2D eigenvalue weighted by atomic mass is 19.4. The summed E-state index contributed by atoms with van der Waals surface area (Å²) in [5.74, 6) is -0.891. The molecule has 2 heterocycles. The molecule has 2 aromatic carbocycles. The van der Waals surface area contributed by atoms with E-state index in [1.54, 1.807) is 19.1 Å². The molecule has 7 nitrogen and oxygen atoms in total. The quantitative estimate of drug-likeness (QED) is 0.437. The van der Waals surface area contributed by atoms with Crippen LogP contribution in [0.15, 0.2) is 54.7 Å². The first-order chi connectivity index (χ1) is 15.1. The van der Waals surface area contributed by atoms with Crippen LogP contribution in [0.5, 0.6) is 11.6 Å². The predicted octanol–water partition coefficient (Wildman–Crippen LogP) is 4.31. The van der Waals surface area contributed by atoms with Crippen molar-refractivity contribution in [2.75, 3.05) is 5.32 Å². The lowest BCUT2D eigenvalue weighted by molar-refractivity contribution is -0.137. The lowest BCUT2D eigenvalue weighted by Gasteiger charge is -2.12. The number of benzene rings is 2. The number of amides is 1. The summed E-state index contributed by atoms with van der Waals surface area (Å²) in [5, 5.41) is 26.9. The summed E-state index contributed by atoms with van der Waals surface area (Å²) in [6.07, 6.45) is -3.25. The van der Waals surface area contributed by atoms with Crippen molar-refractivity contribution >= 4 is 17.2 Å². The number of rotatable bonds is 4. The minimum absolute atomic E-state index is 0.00475. The summed E-state index contributed by atoms with van der Waals surface area (Å²) in [7, 11) is 0. The van der Waals surface area contributed by atoms with E-state index < -0.39 is 17.6 Å². The number of phenolic OH excluding ortho intramolecular Hbond substituents is 1. The molecule has 0 spiro atoms. The molecule has 0 aliphatic carbocycles. The third kappa shape index (κ3) is 4.07. The Bertz CT molecular complexity index is 1330. The molecular weight excluding hydrogens is 425 g/mol. The largest absolute Gasteiger partial charge is 0.508 e. The van der Waals surface area contributed by atoms with E-state index in [4.69, 9.17) is 0 Å². The Labute approximate surface area is 179 Å². The van der Waals surface area contributed by atoms with E-state index >= 15 is 0 Å². The van der Waals surface area contributed by atoms with Crippen LogP contribution in [0.2, 0.25) is 0 Å². The molecule has 3 N–H and O–H groups in total.